The Balaban J connectivity index is 1.40. The summed E-state index contributed by atoms with van der Waals surface area (Å²) >= 11 is 0. The van der Waals surface area contributed by atoms with Gasteiger partial charge in [-0.1, -0.05) is 30.3 Å². The van der Waals surface area contributed by atoms with E-state index in [4.69, 9.17) is 0 Å². The highest BCUT2D eigenvalue weighted by Gasteiger charge is 2.32. The number of aryl methyl sites for hydroxylation is 3. The van der Waals surface area contributed by atoms with E-state index in [2.05, 4.69) is 10.4 Å². The maximum absolute atomic E-state index is 13.1. The van der Waals surface area contributed by atoms with Gasteiger partial charge in [0.15, 0.2) is 0 Å². The monoisotopic (exact) mass is 405 g/mol. The van der Waals surface area contributed by atoms with Crippen molar-refractivity contribution in [1.82, 2.24) is 24.6 Å². The van der Waals surface area contributed by atoms with Crippen molar-refractivity contribution in [3.8, 4) is 0 Å². The molecule has 7 heteroatoms. The smallest absolute Gasteiger partial charge is 0.271 e. The van der Waals surface area contributed by atoms with Crippen LogP contribution >= 0.6 is 0 Å². The van der Waals surface area contributed by atoms with Gasteiger partial charge in [0.25, 0.3) is 5.91 Å². The Hall–Kier alpha value is -3.35. The second kappa shape index (κ2) is 8.57. The number of nitrogens with zero attached hydrogens (tertiary/aromatic N) is 4. The molecule has 3 aromatic rings. The molecule has 30 heavy (non-hydrogen) atoms. The minimum Gasteiger partial charge on any atom is -0.354 e. The summed E-state index contributed by atoms with van der Waals surface area (Å²) in [4.78, 5) is 27.4. The Morgan fingerprint density at radius 3 is 2.70 bits per heavy atom. The highest BCUT2D eigenvalue weighted by molar-refractivity contribution is 5.93. The molecule has 2 aromatic heterocycles. The molecule has 0 spiro atoms. The average Bonchev–Trinajstić information content (AvgIpc) is 3.33. The summed E-state index contributed by atoms with van der Waals surface area (Å²) in [6, 6.07) is 15.6. The van der Waals surface area contributed by atoms with Crippen molar-refractivity contribution in [1.29, 1.82) is 0 Å². The van der Waals surface area contributed by atoms with E-state index in [1.807, 2.05) is 82.7 Å². The minimum absolute atomic E-state index is 0.00278. The summed E-state index contributed by atoms with van der Waals surface area (Å²) in [5, 5.41) is 7.42. The van der Waals surface area contributed by atoms with Gasteiger partial charge in [0.2, 0.25) is 5.91 Å². The van der Waals surface area contributed by atoms with Crippen LogP contribution in [-0.4, -0.2) is 43.6 Å². The zero-order valence-electron chi connectivity index (χ0n) is 17.4. The molecule has 0 radical (unpaired) electrons. The highest BCUT2D eigenvalue weighted by atomic mass is 16.2. The Morgan fingerprint density at radius 1 is 1.17 bits per heavy atom. The number of amides is 2. The summed E-state index contributed by atoms with van der Waals surface area (Å²) in [7, 11) is 0. The molecule has 0 saturated heterocycles. The summed E-state index contributed by atoms with van der Waals surface area (Å²) < 4.78 is 3.82. The lowest BCUT2D eigenvalue weighted by molar-refractivity contribution is -0.121. The van der Waals surface area contributed by atoms with E-state index in [0.717, 1.165) is 17.0 Å². The van der Waals surface area contributed by atoms with E-state index >= 15 is 0 Å². The molecule has 3 heterocycles. The lowest BCUT2D eigenvalue weighted by Crippen LogP contribution is -2.52. The van der Waals surface area contributed by atoms with E-state index in [0.29, 0.717) is 38.3 Å². The van der Waals surface area contributed by atoms with E-state index < -0.39 is 0 Å². The Morgan fingerprint density at radius 2 is 1.97 bits per heavy atom. The first kappa shape index (κ1) is 19.9. The van der Waals surface area contributed by atoms with E-state index in [9.17, 15) is 9.59 Å². The largest absolute Gasteiger partial charge is 0.354 e. The number of rotatable bonds is 7. The van der Waals surface area contributed by atoms with Crippen molar-refractivity contribution in [2.45, 2.75) is 45.9 Å². The molecular formula is C23H27N5O2. The molecule has 2 amide bonds. The lowest BCUT2D eigenvalue weighted by Gasteiger charge is -2.37. The number of hydrogen-bond acceptors (Lipinski definition) is 3. The number of hydrogen-bond donors (Lipinski definition) is 1. The van der Waals surface area contributed by atoms with Crippen molar-refractivity contribution in [3.05, 3.63) is 77.4 Å². The fraction of sp³-hybridized carbons (Fsp3) is 0.348. The van der Waals surface area contributed by atoms with Gasteiger partial charge in [-0.3, -0.25) is 14.3 Å². The molecular weight excluding hydrogens is 378 g/mol. The van der Waals surface area contributed by atoms with Crippen molar-refractivity contribution < 1.29 is 9.59 Å². The summed E-state index contributed by atoms with van der Waals surface area (Å²) in [6.07, 6.45) is 2.28. The number of aromatic nitrogens is 3. The molecule has 0 saturated carbocycles. The highest BCUT2D eigenvalue weighted by Crippen LogP contribution is 2.20. The van der Waals surface area contributed by atoms with Crippen molar-refractivity contribution in [3.63, 3.8) is 0 Å². The number of carbonyl (C=O) groups is 2. The van der Waals surface area contributed by atoms with Crippen LogP contribution in [0.2, 0.25) is 0 Å². The molecule has 1 unspecified atom stereocenters. The van der Waals surface area contributed by atoms with Gasteiger partial charge in [0.1, 0.15) is 5.69 Å². The maximum Gasteiger partial charge on any atom is 0.271 e. The van der Waals surface area contributed by atoms with Gasteiger partial charge in [-0.05, 0) is 37.6 Å². The molecule has 4 rings (SSSR count). The van der Waals surface area contributed by atoms with E-state index in [-0.39, 0.29) is 17.9 Å². The first-order chi connectivity index (χ1) is 14.5. The third-order valence-corrected chi connectivity index (χ3v) is 5.54. The van der Waals surface area contributed by atoms with Crippen LogP contribution < -0.4 is 5.32 Å². The Kier molecular flexibility index (Phi) is 5.70. The third kappa shape index (κ3) is 4.30. The second-order valence-corrected chi connectivity index (χ2v) is 7.82. The van der Waals surface area contributed by atoms with Gasteiger partial charge in [0, 0.05) is 44.5 Å². The van der Waals surface area contributed by atoms with Crippen LogP contribution in [0.3, 0.4) is 0 Å². The molecule has 0 fully saturated rings. The molecule has 1 aliphatic heterocycles. The zero-order valence-corrected chi connectivity index (χ0v) is 17.4. The third-order valence-electron chi connectivity index (χ3n) is 5.54. The number of nitrogens with one attached hydrogen (secondary N) is 1. The quantitative estimate of drug-likeness (QED) is 0.657. The Bertz CT molecular complexity index is 1040. The van der Waals surface area contributed by atoms with Crippen LogP contribution in [0.15, 0.2) is 54.7 Å². The number of benzene rings is 1. The summed E-state index contributed by atoms with van der Waals surface area (Å²) in [6.45, 7) is 6.09. The topological polar surface area (TPSA) is 72.2 Å². The van der Waals surface area contributed by atoms with Crippen molar-refractivity contribution in [2.24, 2.45) is 0 Å². The summed E-state index contributed by atoms with van der Waals surface area (Å²) in [5.74, 6) is -0.0371. The Labute approximate surface area is 176 Å². The molecule has 156 valence electrons. The van der Waals surface area contributed by atoms with Crippen LogP contribution in [-0.2, 0) is 24.4 Å². The van der Waals surface area contributed by atoms with Gasteiger partial charge >= 0.3 is 0 Å². The van der Waals surface area contributed by atoms with Crippen LogP contribution in [0.25, 0.3) is 0 Å². The number of carbonyl (C=O) groups excluding carboxylic acids is 2. The van der Waals surface area contributed by atoms with Crippen molar-refractivity contribution in [2.75, 3.05) is 6.54 Å². The van der Waals surface area contributed by atoms with E-state index in [1.54, 1.807) is 0 Å². The van der Waals surface area contributed by atoms with Crippen LogP contribution in [0.1, 0.15) is 33.9 Å². The van der Waals surface area contributed by atoms with Gasteiger partial charge in [-0.25, -0.2) is 0 Å². The predicted octanol–water partition coefficient (Wildman–Crippen LogP) is 2.53. The standard InChI is InChI=1S/C23H27N5O2/c1-17-13-18(2)28(25-17)12-10-22(29)24-14-20-16-26-11-6-9-21(26)23(30)27(20)15-19-7-4-3-5-8-19/h3-9,11,13,20H,10,12,14-16H2,1-2H3,(H,24,29). The molecule has 0 bridgehead atoms. The second-order valence-electron chi connectivity index (χ2n) is 7.82. The average molecular weight is 406 g/mol. The first-order valence-corrected chi connectivity index (χ1v) is 10.3. The molecule has 1 aliphatic rings. The predicted molar refractivity (Wildman–Crippen MR) is 114 cm³/mol. The van der Waals surface area contributed by atoms with Crippen LogP contribution in [0.5, 0.6) is 0 Å². The van der Waals surface area contributed by atoms with Crippen LogP contribution in [0, 0.1) is 13.8 Å². The van der Waals surface area contributed by atoms with Gasteiger partial charge in [-0.2, -0.15) is 5.10 Å². The molecule has 7 nitrogen and oxygen atoms in total. The normalized spacial score (nSPS) is 15.9. The molecule has 1 aromatic carbocycles. The van der Waals surface area contributed by atoms with Gasteiger partial charge in [-0.15, -0.1) is 0 Å². The molecule has 1 atom stereocenters. The minimum atomic E-state index is -0.102. The molecule has 1 N–H and O–H groups in total. The fourth-order valence-electron chi connectivity index (χ4n) is 3.99. The zero-order chi connectivity index (χ0) is 21.1. The summed E-state index contributed by atoms with van der Waals surface area (Å²) in [5.41, 5.74) is 3.77. The first-order valence-electron chi connectivity index (χ1n) is 10.3. The van der Waals surface area contributed by atoms with E-state index in [1.165, 1.54) is 0 Å². The van der Waals surface area contributed by atoms with Crippen molar-refractivity contribution >= 4 is 11.8 Å². The number of fused-ring (bicyclic) bond motifs is 1. The van der Waals surface area contributed by atoms with Crippen LogP contribution in [0.4, 0.5) is 0 Å². The fourth-order valence-corrected chi connectivity index (χ4v) is 3.99. The lowest BCUT2D eigenvalue weighted by atomic mass is 10.1. The van der Waals surface area contributed by atoms with Gasteiger partial charge < -0.3 is 14.8 Å². The van der Waals surface area contributed by atoms with Gasteiger partial charge in [0.05, 0.1) is 11.7 Å². The SMILES string of the molecule is Cc1cc(C)n(CCC(=O)NCC2Cn3cccc3C(=O)N2Cc2ccccc2)n1. The molecule has 0 aliphatic carbocycles. The maximum atomic E-state index is 13.1.